The second-order valence-electron chi connectivity index (χ2n) is 6.52. The zero-order valence-electron chi connectivity index (χ0n) is 13.3. The van der Waals surface area contributed by atoms with Crippen LogP contribution in [0.4, 0.5) is 0 Å². The molecule has 0 bridgehead atoms. The van der Waals surface area contributed by atoms with Gasteiger partial charge in [-0.25, -0.2) is 0 Å². The smallest absolute Gasteiger partial charge is 0.251 e. The van der Waals surface area contributed by atoms with Crippen LogP contribution >= 0.6 is 12.4 Å². The van der Waals surface area contributed by atoms with Crippen molar-refractivity contribution in [1.82, 2.24) is 5.32 Å². The third-order valence-corrected chi connectivity index (χ3v) is 4.48. The Kier molecular flexibility index (Phi) is 5.45. The third-order valence-electron chi connectivity index (χ3n) is 4.48. The third kappa shape index (κ3) is 3.92. The summed E-state index contributed by atoms with van der Waals surface area (Å²) in [6, 6.07) is 16.0. The van der Waals surface area contributed by atoms with E-state index in [2.05, 4.69) is 36.5 Å². The maximum Gasteiger partial charge on any atom is 0.251 e. The fourth-order valence-electron chi connectivity index (χ4n) is 3.20. The monoisotopic (exact) mass is 330 g/mol. The molecule has 0 spiro atoms. The first kappa shape index (κ1) is 17.5. The van der Waals surface area contributed by atoms with Gasteiger partial charge in [0.25, 0.3) is 5.91 Å². The van der Waals surface area contributed by atoms with Crippen molar-refractivity contribution in [3.8, 4) is 0 Å². The number of nitrogens with two attached hydrogens (primary N) is 1. The maximum atomic E-state index is 12.3. The Morgan fingerprint density at radius 3 is 2.17 bits per heavy atom. The minimum absolute atomic E-state index is 0. The first-order valence-electron chi connectivity index (χ1n) is 7.74. The van der Waals surface area contributed by atoms with E-state index in [9.17, 15) is 4.79 Å². The highest BCUT2D eigenvalue weighted by Gasteiger charge is 2.32. The molecular formula is C19H23ClN2O. The summed E-state index contributed by atoms with van der Waals surface area (Å²) in [7, 11) is 0. The fraction of sp³-hybridized carbons (Fsp3) is 0.316. The van der Waals surface area contributed by atoms with Crippen LogP contribution in [0.15, 0.2) is 48.5 Å². The molecule has 2 aromatic carbocycles. The highest BCUT2D eigenvalue weighted by Crippen LogP contribution is 2.35. The number of benzene rings is 2. The lowest BCUT2D eigenvalue weighted by molar-refractivity contribution is 0.0935. The molecule has 0 saturated carbocycles. The van der Waals surface area contributed by atoms with Crippen LogP contribution in [0.25, 0.3) is 0 Å². The van der Waals surface area contributed by atoms with Crippen LogP contribution in [0.5, 0.6) is 0 Å². The van der Waals surface area contributed by atoms with Gasteiger partial charge in [-0.15, -0.1) is 12.4 Å². The zero-order valence-corrected chi connectivity index (χ0v) is 14.2. The quantitative estimate of drug-likeness (QED) is 0.905. The first-order chi connectivity index (χ1) is 10.6. The van der Waals surface area contributed by atoms with Gasteiger partial charge in [-0.05, 0) is 47.1 Å². The van der Waals surface area contributed by atoms with Gasteiger partial charge in [-0.1, -0.05) is 43.3 Å². The zero-order chi connectivity index (χ0) is 15.6. The van der Waals surface area contributed by atoms with Crippen molar-refractivity contribution < 1.29 is 4.79 Å². The van der Waals surface area contributed by atoms with Crippen molar-refractivity contribution >= 4 is 18.3 Å². The van der Waals surface area contributed by atoms with Crippen LogP contribution in [0.1, 0.15) is 34.0 Å². The van der Waals surface area contributed by atoms with E-state index in [1.54, 1.807) is 0 Å². The summed E-state index contributed by atoms with van der Waals surface area (Å²) in [5.74, 6) is -0.0132. The molecule has 3 nitrogen and oxygen atoms in total. The topological polar surface area (TPSA) is 55.1 Å². The largest absolute Gasteiger partial charge is 0.351 e. The Labute approximate surface area is 143 Å². The van der Waals surface area contributed by atoms with E-state index in [1.807, 2.05) is 24.3 Å². The number of hydrogen-bond acceptors (Lipinski definition) is 2. The fourth-order valence-corrected chi connectivity index (χ4v) is 3.20. The second kappa shape index (κ2) is 7.16. The van der Waals surface area contributed by atoms with E-state index in [0.717, 1.165) is 18.4 Å². The van der Waals surface area contributed by atoms with Gasteiger partial charge in [-0.3, -0.25) is 4.79 Å². The predicted octanol–water partition coefficient (Wildman–Crippen LogP) is 3.10. The number of halogens is 1. The van der Waals surface area contributed by atoms with Crippen LogP contribution in [0.3, 0.4) is 0 Å². The molecule has 1 aliphatic rings. The highest BCUT2D eigenvalue weighted by atomic mass is 35.5. The van der Waals surface area contributed by atoms with E-state index in [-0.39, 0.29) is 23.7 Å². The number of fused-ring (bicyclic) bond motifs is 1. The molecule has 0 unspecified atom stereocenters. The van der Waals surface area contributed by atoms with Crippen LogP contribution in [-0.2, 0) is 19.4 Å². The molecule has 3 N–H and O–H groups in total. The van der Waals surface area contributed by atoms with Crippen molar-refractivity contribution in [3.05, 3.63) is 70.8 Å². The molecule has 1 amide bonds. The standard InChI is InChI=1S/C19H22N2O.ClH/c1-19(10-16-4-2-3-5-17(16)11-19)13-21-18(22)15-8-6-14(12-20)7-9-15;/h2-9H,10-13,20H2,1H3,(H,21,22);1H. The number of carbonyl (C=O) groups is 1. The molecule has 0 aliphatic heterocycles. The average molecular weight is 331 g/mol. The second-order valence-corrected chi connectivity index (χ2v) is 6.52. The molecule has 0 fully saturated rings. The van der Waals surface area contributed by atoms with Crippen molar-refractivity contribution in [2.75, 3.05) is 6.54 Å². The number of carbonyl (C=O) groups excluding carboxylic acids is 1. The van der Waals surface area contributed by atoms with Gasteiger partial charge in [0.15, 0.2) is 0 Å². The highest BCUT2D eigenvalue weighted by molar-refractivity contribution is 5.94. The van der Waals surface area contributed by atoms with Crippen LogP contribution in [0.2, 0.25) is 0 Å². The molecule has 0 atom stereocenters. The van der Waals surface area contributed by atoms with Gasteiger partial charge in [0.2, 0.25) is 0 Å². The Morgan fingerprint density at radius 1 is 1.09 bits per heavy atom. The number of nitrogens with one attached hydrogen (secondary N) is 1. The molecule has 4 heteroatoms. The molecule has 23 heavy (non-hydrogen) atoms. The summed E-state index contributed by atoms with van der Waals surface area (Å²) >= 11 is 0. The number of amides is 1. The summed E-state index contributed by atoms with van der Waals surface area (Å²) < 4.78 is 0. The van der Waals surface area contributed by atoms with Gasteiger partial charge in [-0.2, -0.15) is 0 Å². The maximum absolute atomic E-state index is 12.3. The van der Waals surface area contributed by atoms with E-state index in [0.29, 0.717) is 18.7 Å². The number of rotatable bonds is 4. The Morgan fingerprint density at radius 2 is 1.65 bits per heavy atom. The van der Waals surface area contributed by atoms with E-state index < -0.39 is 0 Å². The Hall–Kier alpha value is -1.84. The van der Waals surface area contributed by atoms with Crippen molar-refractivity contribution in [3.63, 3.8) is 0 Å². The molecular weight excluding hydrogens is 308 g/mol. The molecule has 0 heterocycles. The summed E-state index contributed by atoms with van der Waals surface area (Å²) in [6.07, 6.45) is 2.05. The van der Waals surface area contributed by atoms with Crippen molar-refractivity contribution in [2.24, 2.45) is 11.1 Å². The lowest BCUT2D eigenvalue weighted by Crippen LogP contribution is -2.36. The molecule has 0 radical (unpaired) electrons. The van der Waals surface area contributed by atoms with Gasteiger partial charge in [0, 0.05) is 18.7 Å². The lowest BCUT2D eigenvalue weighted by Gasteiger charge is -2.24. The minimum Gasteiger partial charge on any atom is -0.351 e. The van der Waals surface area contributed by atoms with Crippen LogP contribution < -0.4 is 11.1 Å². The molecule has 3 rings (SSSR count). The number of hydrogen-bond donors (Lipinski definition) is 2. The molecule has 0 aromatic heterocycles. The predicted molar refractivity (Wildman–Crippen MR) is 95.9 cm³/mol. The van der Waals surface area contributed by atoms with Gasteiger partial charge < -0.3 is 11.1 Å². The average Bonchev–Trinajstić information content (AvgIpc) is 2.89. The minimum atomic E-state index is -0.0132. The molecule has 2 aromatic rings. The van der Waals surface area contributed by atoms with Gasteiger partial charge in [0.05, 0.1) is 0 Å². The summed E-state index contributed by atoms with van der Waals surface area (Å²) in [5, 5.41) is 3.08. The van der Waals surface area contributed by atoms with Crippen molar-refractivity contribution in [2.45, 2.75) is 26.3 Å². The first-order valence-corrected chi connectivity index (χ1v) is 7.74. The van der Waals surface area contributed by atoms with E-state index >= 15 is 0 Å². The molecule has 0 saturated heterocycles. The Balaban J connectivity index is 0.00000192. The Bertz CT molecular complexity index is 657. The normalized spacial score (nSPS) is 14.7. The van der Waals surface area contributed by atoms with Crippen LogP contribution in [-0.4, -0.2) is 12.5 Å². The SMILES string of the molecule is CC1(CNC(=O)c2ccc(CN)cc2)Cc2ccccc2C1.Cl. The van der Waals surface area contributed by atoms with Crippen LogP contribution in [0, 0.1) is 5.41 Å². The lowest BCUT2D eigenvalue weighted by atomic mass is 9.87. The van der Waals surface area contributed by atoms with Crippen molar-refractivity contribution in [1.29, 1.82) is 0 Å². The summed E-state index contributed by atoms with van der Waals surface area (Å²) in [6.45, 7) is 3.43. The van der Waals surface area contributed by atoms with E-state index in [1.165, 1.54) is 11.1 Å². The summed E-state index contributed by atoms with van der Waals surface area (Å²) in [5.41, 5.74) is 10.2. The summed E-state index contributed by atoms with van der Waals surface area (Å²) in [4.78, 5) is 12.3. The van der Waals surface area contributed by atoms with E-state index in [4.69, 9.17) is 5.73 Å². The molecule has 122 valence electrons. The van der Waals surface area contributed by atoms with Gasteiger partial charge in [0.1, 0.15) is 0 Å². The molecule has 1 aliphatic carbocycles. The van der Waals surface area contributed by atoms with Gasteiger partial charge >= 0.3 is 0 Å².